The van der Waals surface area contributed by atoms with E-state index in [9.17, 15) is 0 Å². The second-order valence-corrected chi connectivity index (χ2v) is 4.18. The van der Waals surface area contributed by atoms with Gasteiger partial charge in [-0.15, -0.1) is 0 Å². The molecule has 1 fully saturated rings. The summed E-state index contributed by atoms with van der Waals surface area (Å²) in [6.07, 6.45) is 2.84. The molecule has 0 aromatic carbocycles. The molecule has 0 radical (unpaired) electrons. The molecule has 1 aliphatic heterocycles. The van der Waals surface area contributed by atoms with E-state index >= 15 is 0 Å². The fourth-order valence-corrected chi connectivity index (χ4v) is 2.22. The summed E-state index contributed by atoms with van der Waals surface area (Å²) < 4.78 is 7.73. The predicted molar refractivity (Wildman–Crippen MR) is 65.4 cm³/mol. The van der Waals surface area contributed by atoms with E-state index in [-0.39, 0.29) is 12.1 Å². The van der Waals surface area contributed by atoms with Crippen LogP contribution < -0.4 is 11.5 Å². The Morgan fingerprint density at radius 3 is 3.18 bits per heavy atom. The van der Waals surface area contributed by atoms with E-state index in [2.05, 4.69) is 17.0 Å². The number of nitrogens with zero attached hydrogens (tertiary/aromatic N) is 3. The molecule has 1 aromatic heterocycles. The van der Waals surface area contributed by atoms with Crippen molar-refractivity contribution in [2.24, 2.45) is 22.4 Å². The summed E-state index contributed by atoms with van der Waals surface area (Å²) >= 11 is 0. The molecule has 0 aliphatic carbocycles. The van der Waals surface area contributed by atoms with E-state index < -0.39 is 0 Å². The van der Waals surface area contributed by atoms with Crippen molar-refractivity contribution in [3.05, 3.63) is 18.0 Å². The Morgan fingerprint density at radius 1 is 1.65 bits per heavy atom. The van der Waals surface area contributed by atoms with Gasteiger partial charge in [-0.1, -0.05) is 0 Å². The number of hydrogen-bond acceptors (Lipinski definition) is 3. The van der Waals surface area contributed by atoms with Gasteiger partial charge in [0.25, 0.3) is 0 Å². The van der Waals surface area contributed by atoms with Gasteiger partial charge >= 0.3 is 0 Å². The van der Waals surface area contributed by atoms with Crippen molar-refractivity contribution in [1.82, 2.24) is 9.78 Å². The second-order valence-electron chi connectivity index (χ2n) is 4.18. The molecule has 6 heteroatoms. The molecule has 6 nitrogen and oxygen atoms in total. The van der Waals surface area contributed by atoms with Gasteiger partial charge in [-0.3, -0.25) is 9.67 Å². The summed E-state index contributed by atoms with van der Waals surface area (Å²) in [6.45, 7) is 4.28. The van der Waals surface area contributed by atoms with Gasteiger partial charge in [-0.2, -0.15) is 5.10 Å². The maximum Gasteiger partial charge on any atom is 0.185 e. The first-order valence-corrected chi connectivity index (χ1v) is 5.91. The van der Waals surface area contributed by atoms with Gasteiger partial charge < -0.3 is 16.2 Å². The topological polar surface area (TPSA) is 91.4 Å². The van der Waals surface area contributed by atoms with E-state index in [4.69, 9.17) is 16.2 Å². The largest absolute Gasteiger partial charge is 0.372 e. The van der Waals surface area contributed by atoms with Crippen LogP contribution in [0.25, 0.3) is 0 Å². The van der Waals surface area contributed by atoms with Crippen LogP contribution in [0, 0.1) is 5.92 Å². The lowest BCUT2D eigenvalue weighted by atomic mass is 9.99. The Kier molecular flexibility index (Phi) is 3.63. The SMILES string of the molecule is CCn1nccc1[C@@H]1OCC[C@H]1CN=C(N)N. The highest BCUT2D eigenvalue weighted by atomic mass is 16.5. The van der Waals surface area contributed by atoms with Crippen molar-refractivity contribution < 1.29 is 4.74 Å². The molecule has 94 valence electrons. The Morgan fingerprint density at radius 2 is 2.47 bits per heavy atom. The summed E-state index contributed by atoms with van der Waals surface area (Å²) in [4.78, 5) is 4.08. The van der Waals surface area contributed by atoms with Crippen LogP contribution in [0.5, 0.6) is 0 Å². The van der Waals surface area contributed by atoms with Gasteiger partial charge in [-0.05, 0) is 19.4 Å². The van der Waals surface area contributed by atoms with Crippen LogP contribution in [0.15, 0.2) is 17.3 Å². The highest BCUT2D eigenvalue weighted by molar-refractivity contribution is 5.75. The minimum atomic E-state index is 0.0561. The van der Waals surface area contributed by atoms with Crippen molar-refractivity contribution >= 4 is 5.96 Å². The standard InChI is InChI=1S/C11H19N5O/c1-2-16-9(3-5-15-16)10-8(4-6-17-10)7-14-11(12)13/h3,5,8,10H,2,4,6-7H2,1H3,(H4,12,13,14)/t8-,10+/m0/s1. The third-order valence-corrected chi connectivity index (χ3v) is 3.06. The number of aliphatic imine (C=N–C) groups is 1. The van der Waals surface area contributed by atoms with Crippen LogP contribution in [-0.4, -0.2) is 28.9 Å². The molecular formula is C11H19N5O. The monoisotopic (exact) mass is 237 g/mol. The smallest absolute Gasteiger partial charge is 0.185 e. The maximum atomic E-state index is 5.77. The number of aromatic nitrogens is 2. The molecule has 0 spiro atoms. The van der Waals surface area contributed by atoms with Crippen molar-refractivity contribution in [1.29, 1.82) is 0 Å². The molecule has 2 atom stereocenters. The molecule has 0 bridgehead atoms. The molecule has 1 aromatic rings. The first-order valence-electron chi connectivity index (χ1n) is 5.91. The van der Waals surface area contributed by atoms with Crippen molar-refractivity contribution in [2.75, 3.05) is 13.2 Å². The van der Waals surface area contributed by atoms with E-state index in [0.717, 1.165) is 25.3 Å². The van der Waals surface area contributed by atoms with Crippen LogP contribution in [0.2, 0.25) is 0 Å². The Bertz CT molecular complexity index is 396. The van der Waals surface area contributed by atoms with Crippen LogP contribution >= 0.6 is 0 Å². The summed E-state index contributed by atoms with van der Waals surface area (Å²) in [5, 5.41) is 4.26. The molecule has 17 heavy (non-hydrogen) atoms. The van der Waals surface area contributed by atoms with Crippen LogP contribution in [0.1, 0.15) is 25.1 Å². The third kappa shape index (κ3) is 2.58. The van der Waals surface area contributed by atoms with Gasteiger partial charge in [-0.25, -0.2) is 0 Å². The number of aryl methyl sites for hydroxylation is 1. The number of ether oxygens (including phenoxy) is 1. The first-order chi connectivity index (χ1) is 8.22. The highest BCUT2D eigenvalue weighted by Crippen LogP contribution is 2.34. The van der Waals surface area contributed by atoms with Crippen molar-refractivity contribution in [2.45, 2.75) is 26.0 Å². The van der Waals surface area contributed by atoms with Gasteiger partial charge in [0.15, 0.2) is 5.96 Å². The van der Waals surface area contributed by atoms with Crippen LogP contribution in [0.3, 0.4) is 0 Å². The first kappa shape index (κ1) is 11.9. The summed E-state index contributed by atoms with van der Waals surface area (Å²) in [5.74, 6) is 0.471. The molecule has 0 saturated carbocycles. The minimum Gasteiger partial charge on any atom is -0.372 e. The number of hydrogen-bond donors (Lipinski definition) is 2. The molecule has 0 unspecified atom stereocenters. The summed E-state index contributed by atoms with van der Waals surface area (Å²) in [7, 11) is 0. The minimum absolute atomic E-state index is 0.0561. The zero-order valence-corrected chi connectivity index (χ0v) is 10.0. The van der Waals surface area contributed by atoms with Crippen molar-refractivity contribution in [3.8, 4) is 0 Å². The zero-order valence-electron chi connectivity index (χ0n) is 10.0. The van der Waals surface area contributed by atoms with E-state index in [0.29, 0.717) is 12.5 Å². The Balaban J connectivity index is 2.11. The van der Waals surface area contributed by atoms with Crippen LogP contribution in [0.4, 0.5) is 0 Å². The molecule has 4 N–H and O–H groups in total. The number of guanidine groups is 1. The Labute approximate surface area is 101 Å². The van der Waals surface area contributed by atoms with Gasteiger partial charge in [0.1, 0.15) is 6.10 Å². The summed E-state index contributed by atoms with van der Waals surface area (Å²) in [6, 6.07) is 2.00. The second kappa shape index (κ2) is 5.18. The third-order valence-electron chi connectivity index (χ3n) is 3.06. The van der Waals surface area contributed by atoms with Crippen molar-refractivity contribution in [3.63, 3.8) is 0 Å². The fraction of sp³-hybridized carbons (Fsp3) is 0.636. The molecule has 1 aliphatic rings. The van der Waals surface area contributed by atoms with E-state index in [1.54, 1.807) is 6.20 Å². The lowest BCUT2D eigenvalue weighted by Crippen LogP contribution is -2.25. The average molecular weight is 237 g/mol. The van der Waals surface area contributed by atoms with Gasteiger partial charge in [0, 0.05) is 31.8 Å². The molecule has 2 heterocycles. The van der Waals surface area contributed by atoms with Crippen LogP contribution in [-0.2, 0) is 11.3 Å². The van der Waals surface area contributed by atoms with Gasteiger partial charge in [0.05, 0.1) is 5.69 Å². The highest BCUT2D eigenvalue weighted by Gasteiger charge is 2.31. The zero-order chi connectivity index (χ0) is 12.3. The number of rotatable bonds is 4. The molecular weight excluding hydrogens is 218 g/mol. The predicted octanol–water partition coefficient (Wildman–Crippen LogP) is 0.254. The lowest BCUT2D eigenvalue weighted by molar-refractivity contribution is 0.0851. The van der Waals surface area contributed by atoms with E-state index in [1.807, 2.05) is 10.7 Å². The Hall–Kier alpha value is -1.56. The number of nitrogens with two attached hydrogens (primary N) is 2. The molecule has 2 rings (SSSR count). The average Bonchev–Trinajstić information content (AvgIpc) is 2.93. The van der Waals surface area contributed by atoms with Gasteiger partial charge in [0.2, 0.25) is 0 Å². The maximum absolute atomic E-state index is 5.77. The molecule has 1 saturated heterocycles. The molecule has 0 amide bonds. The lowest BCUT2D eigenvalue weighted by Gasteiger charge is -2.17. The normalized spacial score (nSPS) is 23.8. The van der Waals surface area contributed by atoms with E-state index in [1.165, 1.54) is 0 Å². The fourth-order valence-electron chi connectivity index (χ4n) is 2.22. The summed E-state index contributed by atoms with van der Waals surface area (Å²) in [5.41, 5.74) is 11.8. The quantitative estimate of drug-likeness (QED) is 0.580.